The van der Waals surface area contributed by atoms with E-state index in [1.54, 1.807) is 12.4 Å². The highest BCUT2D eigenvalue weighted by Crippen LogP contribution is 2.16. The Morgan fingerprint density at radius 3 is 1.58 bits per heavy atom. The second kappa shape index (κ2) is 6.45. The van der Waals surface area contributed by atoms with Gasteiger partial charge in [0, 0.05) is 48.3 Å². The third-order valence-corrected chi connectivity index (χ3v) is 3.75. The fraction of sp³-hybridized carbons (Fsp3) is 0.111. The number of hydrogen-bond donors (Lipinski definition) is 0. The Kier molecular flexibility index (Phi) is 3.85. The van der Waals surface area contributed by atoms with Gasteiger partial charge in [0.15, 0.2) is 0 Å². The van der Waals surface area contributed by atoms with Crippen molar-refractivity contribution in [2.45, 2.75) is 13.1 Å². The van der Waals surface area contributed by atoms with Crippen LogP contribution >= 0.6 is 0 Å². The first kappa shape index (κ1) is 14.3. The summed E-state index contributed by atoms with van der Waals surface area (Å²) in [5.41, 5.74) is 3.91. The quantitative estimate of drug-likeness (QED) is 0.568. The molecule has 0 atom stereocenters. The minimum atomic E-state index is 0.758. The highest BCUT2D eigenvalue weighted by molar-refractivity contribution is 5.57. The molecule has 4 aromatic heterocycles. The van der Waals surface area contributed by atoms with Crippen molar-refractivity contribution in [1.29, 1.82) is 0 Å². The molecule has 4 aromatic rings. The molecule has 0 bridgehead atoms. The van der Waals surface area contributed by atoms with Gasteiger partial charge in [-0.15, -0.1) is 0 Å². The summed E-state index contributed by atoms with van der Waals surface area (Å²) >= 11 is 0. The molecule has 0 saturated heterocycles. The number of hydrogen-bond acceptors (Lipinski definition) is 4. The molecular weight excluding hydrogens is 300 g/mol. The summed E-state index contributed by atoms with van der Waals surface area (Å²) in [4.78, 5) is 8.25. The maximum atomic E-state index is 4.59. The third-order valence-electron chi connectivity index (χ3n) is 3.75. The fourth-order valence-electron chi connectivity index (χ4n) is 2.51. The van der Waals surface area contributed by atoms with Crippen LogP contribution in [0.4, 0.5) is 0 Å². The predicted octanol–water partition coefficient (Wildman–Crippen LogP) is 2.90. The van der Waals surface area contributed by atoms with Gasteiger partial charge in [0.2, 0.25) is 0 Å². The van der Waals surface area contributed by atoms with E-state index in [0.29, 0.717) is 0 Å². The van der Waals surface area contributed by atoms with Crippen molar-refractivity contribution in [3.63, 3.8) is 0 Å². The molecule has 0 fully saturated rings. The Labute approximate surface area is 139 Å². The van der Waals surface area contributed by atoms with Gasteiger partial charge in [-0.05, 0) is 36.4 Å². The highest BCUT2D eigenvalue weighted by Gasteiger charge is 2.04. The average Bonchev–Trinajstić information content (AvgIpc) is 3.31. The molecule has 0 aromatic carbocycles. The minimum Gasteiger partial charge on any atom is -0.270 e. The summed E-state index contributed by atoms with van der Waals surface area (Å²) < 4.78 is 3.85. The van der Waals surface area contributed by atoms with Gasteiger partial charge in [-0.1, -0.05) is 0 Å². The van der Waals surface area contributed by atoms with E-state index >= 15 is 0 Å². The second-order valence-electron chi connectivity index (χ2n) is 5.41. The van der Waals surface area contributed by atoms with E-state index in [1.165, 1.54) is 0 Å². The van der Waals surface area contributed by atoms with Crippen molar-refractivity contribution in [3.8, 4) is 22.5 Å². The van der Waals surface area contributed by atoms with Crippen LogP contribution in [0.15, 0.2) is 73.6 Å². The van der Waals surface area contributed by atoms with Crippen LogP contribution in [0.2, 0.25) is 0 Å². The van der Waals surface area contributed by atoms with Gasteiger partial charge in [-0.3, -0.25) is 19.3 Å². The molecule has 0 aliphatic carbocycles. The number of nitrogens with zero attached hydrogens (tertiary/aromatic N) is 6. The highest BCUT2D eigenvalue weighted by atomic mass is 15.3. The van der Waals surface area contributed by atoms with Crippen LogP contribution in [-0.2, 0) is 13.1 Å². The largest absolute Gasteiger partial charge is 0.270 e. The van der Waals surface area contributed by atoms with Crippen LogP contribution in [0.1, 0.15) is 0 Å². The number of aryl methyl sites for hydroxylation is 2. The molecule has 24 heavy (non-hydrogen) atoms. The van der Waals surface area contributed by atoms with Crippen LogP contribution in [0.3, 0.4) is 0 Å². The molecule has 0 saturated carbocycles. The Morgan fingerprint density at radius 2 is 1.17 bits per heavy atom. The summed E-state index contributed by atoms with van der Waals surface area (Å²) in [6, 6.07) is 11.8. The van der Waals surface area contributed by atoms with E-state index in [1.807, 2.05) is 70.5 Å². The molecule has 0 amide bonds. The average molecular weight is 316 g/mol. The third kappa shape index (κ3) is 3.08. The lowest BCUT2D eigenvalue weighted by Crippen LogP contribution is -2.08. The van der Waals surface area contributed by atoms with E-state index in [4.69, 9.17) is 0 Å². The van der Waals surface area contributed by atoms with Crippen molar-refractivity contribution in [3.05, 3.63) is 73.6 Å². The standard InChI is InChI=1S/C18H16N6/c1-3-15(13-19-7-1)17-5-9-23(21-17)11-12-24-10-6-18(22-24)16-4-2-8-20-14-16/h1-10,13-14H,11-12H2. The normalized spacial score (nSPS) is 10.8. The maximum Gasteiger partial charge on any atom is 0.0938 e. The van der Waals surface area contributed by atoms with E-state index < -0.39 is 0 Å². The van der Waals surface area contributed by atoms with Crippen molar-refractivity contribution in [2.75, 3.05) is 0 Å². The van der Waals surface area contributed by atoms with E-state index in [2.05, 4.69) is 20.2 Å². The SMILES string of the molecule is c1cncc(-c2ccn(CCn3ccc(-c4cccnc4)n3)n2)c1. The first-order valence-corrected chi connectivity index (χ1v) is 7.76. The Balaban J connectivity index is 1.43. The van der Waals surface area contributed by atoms with Gasteiger partial charge in [0.05, 0.1) is 24.5 Å². The predicted molar refractivity (Wildman–Crippen MR) is 90.9 cm³/mol. The summed E-state index contributed by atoms with van der Waals surface area (Å²) in [6.45, 7) is 1.52. The van der Waals surface area contributed by atoms with Gasteiger partial charge < -0.3 is 0 Å². The van der Waals surface area contributed by atoms with Gasteiger partial charge in [0.1, 0.15) is 0 Å². The summed E-state index contributed by atoms with van der Waals surface area (Å²) in [6.07, 6.45) is 11.1. The van der Waals surface area contributed by atoms with Gasteiger partial charge in [-0.25, -0.2) is 0 Å². The molecule has 6 heteroatoms. The van der Waals surface area contributed by atoms with Crippen LogP contribution in [0, 0.1) is 0 Å². The van der Waals surface area contributed by atoms with E-state index in [0.717, 1.165) is 35.6 Å². The molecule has 6 nitrogen and oxygen atoms in total. The Hall–Kier alpha value is -3.28. The van der Waals surface area contributed by atoms with Crippen molar-refractivity contribution >= 4 is 0 Å². The molecule has 118 valence electrons. The Bertz CT molecular complexity index is 833. The van der Waals surface area contributed by atoms with Crippen LogP contribution in [0.25, 0.3) is 22.5 Å². The number of rotatable bonds is 5. The van der Waals surface area contributed by atoms with Crippen molar-refractivity contribution < 1.29 is 0 Å². The molecule has 0 N–H and O–H groups in total. The zero-order valence-corrected chi connectivity index (χ0v) is 13.0. The lowest BCUT2D eigenvalue weighted by molar-refractivity contribution is 0.501. The summed E-state index contributed by atoms with van der Waals surface area (Å²) in [5.74, 6) is 0. The first-order chi connectivity index (χ1) is 11.9. The molecule has 4 heterocycles. The smallest absolute Gasteiger partial charge is 0.0938 e. The van der Waals surface area contributed by atoms with E-state index in [9.17, 15) is 0 Å². The monoisotopic (exact) mass is 316 g/mol. The molecule has 4 rings (SSSR count). The van der Waals surface area contributed by atoms with Crippen molar-refractivity contribution in [1.82, 2.24) is 29.5 Å². The Morgan fingerprint density at radius 1 is 0.667 bits per heavy atom. The lowest BCUT2D eigenvalue weighted by atomic mass is 10.2. The number of pyridine rings is 2. The first-order valence-electron chi connectivity index (χ1n) is 7.76. The zero-order valence-electron chi connectivity index (χ0n) is 13.0. The zero-order chi connectivity index (χ0) is 16.2. The van der Waals surface area contributed by atoms with Gasteiger partial charge in [-0.2, -0.15) is 10.2 Å². The summed E-state index contributed by atoms with van der Waals surface area (Å²) in [7, 11) is 0. The second-order valence-corrected chi connectivity index (χ2v) is 5.41. The maximum absolute atomic E-state index is 4.59. The molecule has 0 radical (unpaired) electrons. The van der Waals surface area contributed by atoms with Crippen LogP contribution in [0.5, 0.6) is 0 Å². The molecule has 0 spiro atoms. The summed E-state index contributed by atoms with van der Waals surface area (Å²) in [5, 5.41) is 9.17. The molecular formula is C18H16N6. The topological polar surface area (TPSA) is 61.4 Å². The van der Waals surface area contributed by atoms with Crippen LogP contribution < -0.4 is 0 Å². The molecule has 0 aliphatic heterocycles. The fourth-order valence-corrected chi connectivity index (χ4v) is 2.51. The van der Waals surface area contributed by atoms with Crippen molar-refractivity contribution in [2.24, 2.45) is 0 Å². The molecule has 0 unspecified atom stereocenters. The minimum absolute atomic E-state index is 0.758. The number of aromatic nitrogens is 6. The van der Waals surface area contributed by atoms with Gasteiger partial charge in [0.25, 0.3) is 0 Å². The van der Waals surface area contributed by atoms with Crippen LogP contribution in [-0.4, -0.2) is 29.5 Å². The van der Waals surface area contributed by atoms with E-state index in [-0.39, 0.29) is 0 Å². The molecule has 0 aliphatic rings. The van der Waals surface area contributed by atoms with Gasteiger partial charge >= 0.3 is 0 Å². The lowest BCUT2D eigenvalue weighted by Gasteiger charge is -2.02.